The first-order chi connectivity index (χ1) is 12.8. The van der Waals surface area contributed by atoms with Gasteiger partial charge in [-0.05, 0) is 24.3 Å². The predicted octanol–water partition coefficient (Wildman–Crippen LogP) is 0.700. The summed E-state index contributed by atoms with van der Waals surface area (Å²) in [5, 5.41) is 0. The summed E-state index contributed by atoms with van der Waals surface area (Å²) >= 11 is 0. The molecule has 3 rings (SSSR count). The van der Waals surface area contributed by atoms with E-state index >= 15 is 0 Å². The second-order valence-electron chi connectivity index (χ2n) is 5.46. The Hall–Kier alpha value is -3.05. The first kappa shape index (κ1) is 18.7. The third-order valence-corrected chi connectivity index (χ3v) is 4.90. The Labute approximate surface area is 152 Å². The second kappa shape index (κ2) is 7.29. The lowest BCUT2D eigenvalue weighted by Crippen LogP contribution is -2.49. The number of nitrogens with one attached hydrogen (secondary N) is 2. The Kier molecular flexibility index (Phi) is 5.06. The van der Waals surface area contributed by atoms with Crippen molar-refractivity contribution >= 4 is 27.5 Å². The first-order valence-corrected chi connectivity index (χ1v) is 9.04. The van der Waals surface area contributed by atoms with Gasteiger partial charge in [0.1, 0.15) is 28.8 Å². The number of amides is 2. The fourth-order valence-electron chi connectivity index (χ4n) is 2.38. The fraction of sp³-hybridized carbons (Fsp3) is 0.125. The number of benzene rings is 2. The van der Waals surface area contributed by atoms with Crippen molar-refractivity contribution < 1.29 is 31.5 Å². The molecule has 0 bridgehead atoms. The van der Waals surface area contributed by atoms with Crippen LogP contribution in [0, 0.1) is 11.6 Å². The van der Waals surface area contributed by atoms with E-state index in [9.17, 15) is 26.8 Å². The number of ether oxygens (including phenoxy) is 1. The molecular weight excluding hydrogens is 384 g/mol. The molecule has 0 aliphatic carbocycles. The van der Waals surface area contributed by atoms with Gasteiger partial charge in [0, 0.05) is 6.07 Å². The highest BCUT2D eigenvalue weighted by molar-refractivity contribution is 7.89. The number of hydrogen-bond donors (Lipinski definition) is 2. The van der Waals surface area contributed by atoms with Gasteiger partial charge in [-0.25, -0.2) is 17.2 Å². The molecular formula is C16H13F2N3O5S. The molecule has 1 heterocycles. The molecule has 2 aromatic rings. The Morgan fingerprint density at radius 1 is 1.19 bits per heavy atom. The zero-order chi connectivity index (χ0) is 19.6. The molecule has 1 aliphatic rings. The summed E-state index contributed by atoms with van der Waals surface area (Å²) in [6, 6.07) is 8.41. The molecule has 0 fully saturated rings. The van der Waals surface area contributed by atoms with E-state index in [1.807, 2.05) is 5.43 Å². The van der Waals surface area contributed by atoms with Gasteiger partial charge in [-0.15, -0.1) is 4.83 Å². The monoisotopic (exact) mass is 397 g/mol. The van der Waals surface area contributed by atoms with Gasteiger partial charge in [-0.2, -0.15) is 0 Å². The van der Waals surface area contributed by atoms with E-state index in [-0.39, 0.29) is 6.61 Å². The normalized spacial score (nSPS) is 13.7. The van der Waals surface area contributed by atoms with Crippen LogP contribution in [0.4, 0.5) is 14.5 Å². The van der Waals surface area contributed by atoms with Gasteiger partial charge in [0.05, 0.1) is 5.69 Å². The van der Waals surface area contributed by atoms with Crippen molar-refractivity contribution in [1.29, 1.82) is 0 Å². The number of sulfonamides is 1. The van der Waals surface area contributed by atoms with Crippen LogP contribution < -0.4 is 19.9 Å². The summed E-state index contributed by atoms with van der Waals surface area (Å²) in [7, 11) is -4.47. The quantitative estimate of drug-likeness (QED) is 0.723. The molecule has 142 valence electrons. The van der Waals surface area contributed by atoms with Crippen LogP contribution >= 0.6 is 0 Å². The van der Waals surface area contributed by atoms with E-state index in [1.165, 1.54) is 0 Å². The number of hydrazine groups is 1. The van der Waals surface area contributed by atoms with Crippen molar-refractivity contribution in [1.82, 2.24) is 10.3 Å². The van der Waals surface area contributed by atoms with Crippen LogP contribution in [-0.2, 0) is 19.6 Å². The average molecular weight is 397 g/mol. The number of carbonyl (C=O) groups excluding carboxylic acids is 2. The summed E-state index contributed by atoms with van der Waals surface area (Å²) in [6.45, 7) is -0.759. The van der Waals surface area contributed by atoms with Gasteiger partial charge in [-0.1, -0.05) is 12.1 Å². The Morgan fingerprint density at radius 3 is 2.67 bits per heavy atom. The largest absolute Gasteiger partial charge is 0.482 e. The number of halogens is 2. The van der Waals surface area contributed by atoms with Crippen LogP contribution in [0.1, 0.15) is 0 Å². The summed E-state index contributed by atoms with van der Waals surface area (Å²) in [5.41, 5.74) is 2.25. The van der Waals surface area contributed by atoms with Crippen molar-refractivity contribution in [3.63, 3.8) is 0 Å². The maximum atomic E-state index is 13.6. The van der Waals surface area contributed by atoms with Crippen LogP contribution in [0.3, 0.4) is 0 Å². The van der Waals surface area contributed by atoms with Crippen LogP contribution in [0.5, 0.6) is 5.75 Å². The average Bonchev–Trinajstić information content (AvgIpc) is 2.62. The van der Waals surface area contributed by atoms with Gasteiger partial charge in [0.25, 0.3) is 21.8 Å². The SMILES string of the molecule is O=C(CN1C(=O)COc2ccccc21)NNS(=O)(=O)c1ccc(F)cc1F. The van der Waals surface area contributed by atoms with Crippen molar-refractivity contribution in [3.8, 4) is 5.75 Å². The van der Waals surface area contributed by atoms with Crippen LogP contribution in [-0.4, -0.2) is 33.4 Å². The molecule has 0 saturated heterocycles. The highest BCUT2D eigenvalue weighted by Crippen LogP contribution is 2.31. The molecule has 27 heavy (non-hydrogen) atoms. The maximum Gasteiger partial charge on any atom is 0.265 e. The van der Waals surface area contributed by atoms with Crippen LogP contribution in [0.2, 0.25) is 0 Å². The molecule has 0 atom stereocenters. The number of fused-ring (bicyclic) bond motifs is 1. The molecule has 0 radical (unpaired) electrons. The lowest BCUT2D eigenvalue weighted by atomic mass is 10.2. The van der Waals surface area contributed by atoms with Crippen LogP contribution in [0.25, 0.3) is 0 Å². The maximum absolute atomic E-state index is 13.6. The van der Waals surface area contributed by atoms with Crippen LogP contribution in [0.15, 0.2) is 47.4 Å². The number of para-hydroxylation sites is 2. The molecule has 0 spiro atoms. The number of rotatable bonds is 5. The van der Waals surface area contributed by atoms with E-state index in [1.54, 1.807) is 29.1 Å². The molecule has 2 N–H and O–H groups in total. The molecule has 2 aromatic carbocycles. The Morgan fingerprint density at radius 2 is 1.93 bits per heavy atom. The molecule has 1 aliphatic heterocycles. The smallest absolute Gasteiger partial charge is 0.265 e. The van der Waals surface area contributed by atoms with Gasteiger partial charge >= 0.3 is 0 Å². The summed E-state index contributed by atoms with van der Waals surface area (Å²) in [6.07, 6.45) is 0. The number of nitrogens with zero attached hydrogens (tertiary/aromatic N) is 1. The molecule has 11 heteroatoms. The standard InChI is InChI=1S/C16H13F2N3O5S/c17-10-5-6-14(11(18)7-10)27(24,25)20-19-15(22)8-21-12-3-1-2-4-13(12)26-9-16(21)23/h1-7,20H,8-9H2,(H,19,22). The lowest BCUT2D eigenvalue weighted by molar-refractivity contribution is -0.125. The number of hydrogen-bond acceptors (Lipinski definition) is 5. The zero-order valence-corrected chi connectivity index (χ0v) is 14.4. The van der Waals surface area contributed by atoms with Gasteiger partial charge in [0.15, 0.2) is 6.61 Å². The third kappa shape index (κ3) is 4.04. The Bertz CT molecular complexity index is 1010. The molecule has 2 amide bonds. The van der Waals surface area contributed by atoms with E-state index in [0.717, 1.165) is 17.0 Å². The van der Waals surface area contributed by atoms with Gasteiger partial charge in [0.2, 0.25) is 0 Å². The Balaban J connectivity index is 1.69. The first-order valence-electron chi connectivity index (χ1n) is 7.56. The third-order valence-electron chi connectivity index (χ3n) is 3.62. The van der Waals surface area contributed by atoms with Crippen molar-refractivity contribution in [3.05, 3.63) is 54.1 Å². The van der Waals surface area contributed by atoms with E-state index in [2.05, 4.69) is 0 Å². The lowest BCUT2D eigenvalue weighted by Gasteiger charge is -2.28. The van der Waals surface area contributed by atoms with Gasteiger partial charge < -0.3 is 4.74 Å². The summed E-state index contributed by atoms with van der Waals surface area (Å²) in [5.74, 6) is -3.21. The minimum absolute atomic E-state index is 0.267. The van der Waals surface area contributed by atoms with Crippen molar-refractivity contribution in [2.75, 3.05) is 18.1 Å². The fourth-order valence-corrected chi connectivity index (χ4v) is 3.30. The minimum Gasteiger partial charge on any atom is -0.482 e. The van der Waals surface area contributed by atoms with Gasteiger partial charge in [-0.3, -0.25) is 19.9 Å². The molecule has 0 saturated carbocycles. The van der Waals surface area contributed by atoms with E-state index < -0.39 is 44.9 Å². The van der Waals surface area contributed by atoms with Crippen molar-refractivity contribution in [2.24, 2.45) is 0 Å². The summed E-state index contributed by atoms with van der Waals surface area (Å²) in [4.78, 5) is 26.0. The minimum atomic E-state index is -4.47. The highest BCUT2D eigenvalue weighted by Gasteiger charge is 2.27. The van der Waals surface area contributed by atoms with E-state index in [4.69, 9.17) is 4.74 Å². The number of carbonyl (C=O) groups is 2. The zero-order valence-electron chi connectivity index (χ0n) is 13.6. The second-order valence-corrected chi connectivity index (χ2v) is 7.12. The van der Waals surface area contributed by atoms with Crippen molar-refractivity contribution in [2.45, 2.75) is 4.90 Å². The molecule has 0 unspecified atom stereocenters. The number of anilines is 1. The topological polar surface area (TPSA) is 105 Å². The highest BCUT2D eigenvalue weighted by atomic mass is 32.2. The van der Waals surface area contributed by atoms with E-state index in [0.29, 0.717) is 17.5 Å². The molecule has 8 nitrogen and oxygen atoms in total. The predicted molar refractivity (Wildman–Crippen MR) is 89.1 cm³/mol. The molecule has 0 aromatic heterocycles. The summed E-state index contributed by atoms with van der Waals surface area (Å²) < 4.78 is 55.8.